The zero-order valence-electron chi connectivity index (χ0n) is 9.90. The van der Waals surface area contributed by atoms with Gasteiger partial charge in [-0.15, -0.1) is 0 Å². The normalized spacial score (nSPS) is 26.1. The molecule has 17 heavy (non-hydrogen) atoms. The average molecular weight is 345 g/mol. The van der Waals surface area contributed by atoms with E-state index < -0.39 is 0 Å². The highest BCUT2D eigenvalue weighted by Gasteiger charge is 2.48. The number of aliphatic hydroxyl groups is 1. The molecule has 0 bridgehead atoms. The molecule has 0 spiro atoms. The molecule has 1 amide bonds. The highest BCUT2D eigenvalue weighted by atomic mass is 127. The maximum absolute atomic E-state index is 12.1. The molecule has 0 heterocycles. The Kier molecular flexibility index (Phi) is 3.45. The van der Waals surface area contributed by atoms with Crippen LogP contribution in [-0.2, 0) is 0 Å². The monoisotopic (exact) mass is 345 g/mol. The number of benzene rings is 1. The van der Waals surface area contributed by atoms with Crippen LogP contribution in [0.15, 0.2) is 24.3 Å². The van der Waals surface area contributed by atoms with E-state index in [1.807, 2.05) is 38.1 Å². The van der Waals surface area contributed by atoms with Crippen LogP contribution in [-0.4, -0.2) is 23.2 Å². The first-order chi connectivity index (χ1) is 7.93. The van der Waals surface area contributed by atoms with Crippen molar-refractivity contribution in [2.45, 2.75) is 32.4 Å². The molecular formula is C13H16INO2. The molecule has 1 saturated carbocycles. The van der Waals surface area contributed by atoms with Crippen molar-refractivity contribution in [1.29, 1.82) is 0 Å². The van der Waals surface area contributed by atoms with E-state index in [0.29, 0.717) is 12.0 Å². The van der Waals surface area contributed by atoms with Crippen LogP contribution in [0.25, 0.3) is 0 Å². The summed E-state index contributed by atoms with van der Waals surface area (Å²) in [5, 5.41) is 12.6. The summed E-state index contributed by atoms with van der Waals surface area (Å²) in [6, 6.07) is 7.56. The van der Waals surface area contributed by atoms with Gasteiger partial charge in [0.1, 0.15) is 0 Å². The molecular weight excluding hydrogens is 329 g/mol. The fraction of sp³-hybridized carbons (Fsp3) is 0.462. The topological polar surface area (TPSA) is 49.3 Å². The molecule has 92 valence electrons. The molecule has 2 unspecified atom stereocenters. The number of aliphatic hydroxyl groups excluding tert-OH is 1. The average Bonchev–Trinajstić information content (AvgIpc) is 2.29. The predicted molar refractivity (Wildman–Crippen MR) is 74.8 cm³/mol. The summed E-state index contributed by atoms with van der Waals surface area (Å²) >= 11 is 2.16. The molecule has 3 nitrogen and oxygen atoms in total. The van der Waals surface area contributed by atoms with Crippen LogP contribution in [0.1, 0.15) is 30.6 Å². The number of hydrogen-bond donors (Lipinski definition) is 2. The van der Waals surface area contributed by atoms with E-state index in [-0.39, 0.29) is 23.5 Å². The van der Waals surface area contributed by atoms with Crippen LogP contribution in [0.2, 0.25) is 0 Å². The van der Waals surface area contributed by atoms with Gasteiger partial charge >= 0.3 is 0 Å². The summed E-state index contributed by atoms with van der Waals surface area (Å²) < 4.78 is 0.945. The highest BCUT2D eigenvalue weighted by molar-refractivity contribution is 14.1. The van der Waals surface area contributed by atoms with Crippen molar-refractivity contribution in [3.63, 3.8) is 0 Å². The van der Waals surface area contributed by atoms with E-state index in [1.54, 1.807) is 0 Å². The first kappa shape index (κ1) is 12.8. The van der Waals surface area contributed by atoms with Gasteiger partial charge in [-0.05, 0) is 41.1 Å². The Balaban J connectivity index is 2.07. The van der Waals surface area contributed by atoms with Crippen molar-refractivity contribution in [2.75, 3.05) is 0 Å². The molecule has 0 aromatic heterocycles. The third-order valence-electron chi connectivity index (χ3n) is 3.64. The van der Waals surface area contributed by atoms with Crippen LogP contribution in [0.3, 0.4) is 0 Å². The number of carbonyl (C=O) groups excluding carboxylic acids is 1. The van der Waals surface area contributed by atoms with Crippen LogP contribution < -0.4 is 5.32 Å². The maximum atomic E-state index is 12.1. The van der Waals surface area contributed by atoms with Gasteiger partial charge in [0.2, 0.25) is 0 Å². The highest BCUT2D eigenvalue weighted by Crippen LogP contribution is 2.40. The Hall–Kier alpha value is -0.620. The Morgan fingerprint density at radius 1 is 1.47 bits per heavy atom. The summed E-state index contributed by atoms with van der Waals surface area (Å²) in [6.07, 6.45) is 0.324. The lowest BCUT2D eigenvalue weighted by Crippen LogP contribution is -2.61. The maximum Gasteiger partial charge on any atom is 0.252 e. The van der Waals surface area contributed by atoms with Gasteiger partial charge in [0.25, 0.3) is 5.91 Å². The smallest absolute Gasteiger partial charge is 0.252 e. The number of nitrogens with one attached hydrogen (secondary N) is 1. The Morgan fingerprint density at radius 2 is 2.12 bits per heavy atom. The van der Waals surface area contributed by atoms with Gasteiger partial charge in [-0.2, -0.15) is 0 Å². The first-order valence-corrected chi connectivity index (χ1v) is 6.74. The van der Waals surface area contributed by atoms with E-state index in [9.17, 15) is 9.90 Å². The van der Waals surface area contributed by atoms with Crippen molar-refractivity contribution in [2.24, 2.45) is 5.41 Å². The zero-order valence-corrected chi connectivity index (χ0v) is 12.1. The van der Waals surface area contributed by atoms with Gasteiger partial charge in [0, 0.05) is 15.0 Å². The molecule has 1 aliphatic rings. The summed E-state index contributed by atoms with van der Waals surface area (Å²) in [5.41, 5.74) is 0.473. The van der Waals surface area contributed by atoms with Crippen LogP contribution in [0.4, 0.5) is 0 Å². The third kappa shape index (κ3) is 2.33. The van der Waals surface area contributed by atoms with Crippen molar-refractivity contribution in [1.82, 2.24) is 5.32 Å². The zero-order chi connectivity index (χ0) is 12.6. The number of rotatable bonds is 2. The number of carbonyl (C=O) groups is 1. The van der Waals surface area contributed by atoms with Gasteiger partial charge in [0.05, 0.1) is 11.7 Å². The molecule has 1 aromatic rings. The van der Waals surface area contributed by atoms with Crippen LogP contribution in [0.5, 0.6) is 0 Å². The number of hydrogen-bond acceptors (Lipinski definition) is 2. The molecule has 1 aromatic carbocycles. The Bertz CT molecular complexity index is 445. The summed E-state index contributed by atoms with van der Waals surface area (Å²) in [7, 11) is 0. The minimum absolute atomic E-state index is 0.0556. The molecule has 2 rings (SSSR count). The summed E-state index contributed by atoms with van der Waals surface area (Å²) in [6.45, 7) is 3.95. The summed E-state index contributed by atoms with van der Waals surface area (Å²) in [5.74, 6) is -0.0556. The lowest BCUT2D eigenvalue weighted by molar-refractivity contribution is -0.0689. The molecule has 2 N–H and O–H groups in total. The second-order valence-corrected chi connectivity index (χ2v) is 6.24. The van der Waals surface area contributed by atoms with E-state index in [0.717, 1.165) is 3.57 Å². The first-order valence-electron chi connectivity index (χ1n) is 5.66. The minimum Gasteiger partial charge on any atom is -0.392 e. The third-order valence-corrected chi connectivity index (χ3v) is 4.58. The van der Waals surface area contributed by atoms with E-state index >= 15 is 0 Å². The van der Waals surface area contributed by atoms with Gasteiger partial charge in [-0.25, -0.2) is 0 Å². The van der Waals surface area contributed by atoms with Gasteiger partial charge in [-0.1, -0.05) is 26.0 Å². The molecule has 1 aliphatic carbocycles. The molecule has 0 radical (unpaired) electrons. The van der Waals surface area contributed by atoms with Gasteiger partial charge in [0.15, 0.2) is 0 Å². The van der Waals surface area contributed by atoms with Gasteiger partial charge in [-0.3, -0.25) is 4.79 Å². The van der Waals surface area contributed by atoms with Crippen LogP contribution in [0, 0.1) is 8.99 Å². The van der Waals surface area contributed by atoms with Crippen molar-refractivity contribution >= 4 is 28.5 Å². The molecule has 0 saturated heterocycles. The second-order valence-electron chi connectivity index (χ2n) is 5.08. The quantitative estimate of drug-likeness (QED) is 0.808. The fourth-order valence-electron chi connectivity index (χ4n) is 2.03. The fourth-order valence-corrected chi connectivity index (χ4v) is 2.66. The standard InChI is InChI=1S/C13H16INO2/c1-13(2)10(7-11(13)16)15-12(17)8-5-3-4-6-9(8)14/h3-6,10-11,16H,7H2,1-2H3,(H,15,17). The number of amides is 1. The molecule has 0 aliphatic heterocycles. The lowest BCUT2D eigenvalue weighted by Gasteiger charge is -2.49. The largest absolute Gasteiger partial charge is 0.392 e. The second kappa shape index (κ2) is 4.57. The number of halogens is 1. The van der Waals surface area contributed by atoms with Gasteiger partial charge < -0.3 is 10.4 Å². The molecule has 4 heteroatoms. The SMILES string of the molecule is CC1(C)C(O)CC1NC(=O)c1ccccc1I. The lowest BCUT2D eigenvalue weighted by atomic mass is 9.64. The van der Waals surface area contributed by atoms with Crippen LogP contribution >= 0.6 is 22.6 Å². The van der Waals surface area contributed by atoms with E-state index in [1.165, 1.54) is 0 Å². The van der Waals surface area contributed by atoms with Crippen molar-refractivity contribution in [3.05, 3.63) is 33.4 Å². The minimum atomic E-state index is -0.317. The molecule has 2 atom stereocenters. The summed E-state index contributed by atoms with van der Waals surface area (Å²) in [4.78, 5) is 12.1. The van der Waals surface area contributed by atoms with E-state index in [2.05, 4.69) is 27.9 Å². The van der Waals surface area contributed by atoms with Crippen molar-refractivity contribution in [3.8, 4) is 0 Å². The van der Waals surface area contributed by atoms with Crippen molar-refractivity contribution < 1.29 is 9.90 Å². The Labute approximate surface area is 115 Å². The molecule has 1 fully saturated rings. The van der Waals surface area contributed by atoms with E-state index in [4.69, 9.17) is 0 Å². The Morgan fingerprint density at radius 3 is 2.65 bits per heavy atom. The predicted octanol–water partition coefficient (Wildman–Crippen LogP) is 2.18.